The van der Waals surface area contributed by atoms with Gasteiger partial charge in [-0.1, -0.05) is 43.3 Å². The molecular weight excluding hydrogens is 377 g/mol. The van der Waals surface area contributed by atoms with Crippen molar-refractivity contribution in [1.29, 1.82) is 0 Å². The normalized spacial score (nSPS) is 16.1. The highest BCUT2D eigenvalue weighted by molar-refractivity contribution is 7.89. The van der Waals surface area contributed by atoms with E-state index in [1.807, 2.05) is 13.8 Å². The van der Waals surface area contributed by atoms with E-state index >= 15 is 0 Å². The summed E-state index contributed by atoms with van der Waals surface area (Å²) in [6.07, 6.45) is 0.742. The molecule has 148 valence electrons. The predicted molar refractivity (Wildman–Crippen MR) is 108 cm³/mol. The molecule has 0 spiro atoms. The van der Waals surface area contributed by atoms with Crippen LogP contribution in [-0.4, -0.2) is 31.6 Å². The van der Waals surface area contributed by atoms with Crippen molar-refractivity contribution in [1.82, 2.24) is 4.31 Å². The molecule has 0 amide bonds. The zero-order valence-electron chi connectivity index (χ0n) is 16.1. The Balaban J connectivity index is 1.90. The van der Waals surface area contributed by atoms with E-state index in [1.54, 1.807) is 36.4 Å². The van der Waals surface area contributed by atoms with Gasteiger partial charge in [-0.25, -0.2) is 12.8 Å². The second-order valence-corrected chi connectivity index (χ2v) is 9.84. The number of sulfonamides is 1. The molecule has 0 radical (unpaired) electrons. The highest BCUT2D eigenvalue weighted by Crippen LogP contribution is 2.39. The molecule has 1 fully saturated rings. The van der Waals surface area contributed by atoms with Crippen LogP contribution < -0.4 is 0 Å². The van der Waals surface area contributed by atoms with Crippen molar-refractivity contribution >= 4 is 21.4 Å². The minimum absolute atomic E-state index is 0.0750. The Kier molecular flexibility index (Phi) is 5.55. The molecule has 1 aliphatic rings. The number of hydrogen-bond donors (Lipinski definition) is 0. The van der Waals surface area contributed by atoms with E-state index in [0.717, 1.165) is 5.56 Å². The van der Waals surface area contributed by atoms with Crippen molar-refractivity contribution in [3.8, 4) is 0 Å². The number of rotatable bonds is 7. The third-order valence-electron chi connectivity index (χ3n) is 5.08. The summed E-state index contributed by atoms with van der Waals surface area (Å²) >= 11 is 0. The van der Waals surface area contributed by atoms with Gasteiger partial charge in [0.2, 0.25) is 10.0 Å². The van der Waals surface area contributed by atoms with Crippen LogP contribution in [0.5, 0.6) is 0 Å². The number of carbonyl (C=O) groups is 1. The molecule has 0 bridgehead atoms. The number of benzene rings is 2. The molecule has 1 aliphatic carbocycles. The minimum Gasteiger partial charge on any atom is -0.300 e. The molecule has 0 N–H and O–H groups in total. The second kappa shape index (κ2) is 7.60. The molecule has 6 heteroatoms. The molecular formula is C22H24FNO3S. The number of aryl methyl sites for hydroxylation is 1. The highest BCUT2D eigenvalue weighted by Gasteiger charge is 2.42. The van der Waals surface area contributed by atoms with Gasteiger partial charge in [-0.2, -0.15) is 4.31 Å². The average Bonchev–Trinajstić information content (AvgIpc) is 2.61. The molecule has 0 aromatic heterocycles. The van der Waals surface area contributed by atoms with E-state index in [4.69, 9.17) is 0 Å². The van der Waals surface area contributed by atoms with Crippen molar-refractivity contribution in [2.45, 2.75) is 31.6 Å². The first-order chi connectivity index (χ1) is 13.1. The molecule has 0 atom stereocenters. The number of halogens is 1. The second-order valence-electron chi connectivity index (χ2n) is 7.90. The summed E-state index contributed by atoms with van der Waals surface area (Å²) in [4.78, 5) is 11.7. The van der Waals surface area contributed by atoms with E-state index in [1.165, 1.54) is 16.4 Å². The number of nitrogens with zero attached hydrogens (tertiary/aromatic N) is 1. The first-order valence-corrected chi connectivity index (χ1v) is 10.6. The predicted octanol–water partition coefficient (Wildman–Crippen LogP) is 4.21. The fourth-order valence-electron chi connectivity index (χ4n) is 3.51. The summed E-state index contributed by atoms with van der Waals surface area (Å²) in [5.41, 5.74) is 1.85. The lowest BCUT2D eigenvalue weighted by Crippen LogP contribution is -2.47. The first kappa shape index (κ1) is 20.4. The number of ketones is 1. The maximum Gasteiger partial charge on any atom is 0.243 e. The van der Waals surface area contributed by atoms with Gasteiger partial charge in [0.25, 0.3) is 0 Å². The summed E-state index contributed by atoms with van der Waals surface area (Å²) < 4.78 is 41.2. The van der Waals surface area contributed by atoms with Crippen molar-refractivity contribution in [2.24, 2.45) is 5.41 Å². The fourth-order valence-corrected chi connectivity index (χ4v) is 5.10. The van der Waals surface area contributed by atoms with Crippen molar-refractivity contribution in [3.63, 3.8) is 0 Å². The maximum atomic E-state index is 13.3. The Labute approximate surface area is 165 Å². The fraction of sp³-hybridized carbons (Fsp3) is 0.318. The van der Waals surface area contributed by atoms with Crippen LogP contribution in [0.2, 0.25) is 0 Å². The molecule has 28 heavy (non-hydrogen) atoms. The van der Waals surface area contributed by atoms with Gasteiger partial charge < -0.3 is 0 Å². The SMILES string of the molecule is C=C(CN(CC1(C)CC(=O)C1)S(=O)(=O)c1ccc(C)cc1)c1ccc(F)cc1. The van der Waals surface area contributed by atoms with E-state index < -0.39 is 10.0 Å². The average molecular weight is 402 g/mol. The monoisotopic (exact) mass is 401 g/mol. The summed E-state index contributed by atoms with van der Waals surface area (Å²) in [6.45, 7) is 8.13. The Morgan fingerprint density at radius 3 is 2.21 bits per heavy atom. The van der Waals surface area contributed by atoms with Gasteiger partial charge >= 0.3 is 0 Å². The quantitative estimate of drug-likeness (QED) is 0.698. The topological polar surface area (TPSA) is 54.5 Å². The minimum atomic E-state index is -3.77. The summed E-state index contributed by atoms with van der Waals surface area (Å²) in [7, 11) is -3.77. The summed E-state index contributed by atoms with van der Waals surface area (Å²) in [5.74, 6) is -0.214. The molecule has 0 saturated heterocycles. The van der Waals surface area contributed by atoms with Gasteiger partial charge in [0.15, 0.2) is 0 Å². The van der Waals surface area contributed by atoms with Gasteiger partial charge in [0.1, 0.15) is 11.6 Å². The maximum absolute atomic E-state index is 13.3. The van der Waals surface area contributed by atoms with Gasteiger partial charge in [-0.15, -0.1) is 0 Å². The van der Waals surface area contributed by atoms with Crippen molar-refractivity contribution < 1.29 is 17.6 Å². The third kappa shape index (κ3) is 4.39. The van der Waals surface area contributed by atoms with E-state index in [0.29, 0.717) is 24.0 Å². The summed E-state index contributed by atoms with van der Waals surface area (Å²) in [6, 6.07) is 12.5. The Bertz CT molecular complexity index is 987. The lowest BCUT2D eigenvalue weighted by atomic mass is 9.69. The van der Waals surface area contributed by atoms with Crippen LogP contribution in [0.3, 0.4) is 0 Å². The molecule has 0 aliphatic heterocycles. The van der Waals surface area contributed by atoms with Crippen LogP contribution in [0.4, 0.5) is 4.39 Å². The van der Waals surface area contributed by atoms with E-state index in [9.17, 15) is 17.6 Å². The van der Waals surface area contributed by atoms with Crippen LogP contribution in [0.25, 0.3) is 5.57 Å². The number of carbonyl (C=O) groups excluding carboxylic acids is 1. The third-order valence-corrected chi connectivity index (χ3v) is 6.89. The molecule has 2 aromatic carbocycles. The van der Waals surface area contributed by atoms with Crippen molar-refractivity contribution in [2.75, 3.05) is 13.1 Å². The van der Waals surface area contributed by atoms with Crippen molar-refractivity contribution in [3.05, 3.63) is 72.1 Å². The van der Waals surface area contributed by atoms with Crippen LogP contribution in [0.1, 0.15) is 30.9 Å². The number of hydrogen-bond acceptors (Lipinski definition) is 3. The standard InChI is InChI=1S/C22H24FNO3S/c1-16-4-10-21(11-5-16)28(26,27)24(15-22(3)12-20(25)13-22)14-17(2)18-6-8-19(23)9-7-18/h4-11H,2,12-15H2,1,3H3. The zero-order chi connectivity index (χ0) is 20.5. The van der Waals surface area contributed by atoms with Gasteiger partial charge in [0.05, 0.1) is 4.90 Å². The molecule has 4 nitrogen and oxygen atoms in total. The van der Waals surface area contributed by atoms with Crippen LogP contribution in [0, 0.1) is 18.2 Å². The lowest BCUT2D eigenvalue weighted by Gasteiger charge is -2.40. The Morgan fingerprint density at radius 1 is 1.11 bits per heavy atom. The van der Waals surface area contributed by atoms with E-state index in [2.05, 4.69) is 6.58 Å². The van der Waals surface area contributed by atoms with E-state index in [-0.39, 0.29) is 35.0 Å². The summed E-state index contributed by atoms with van der Waals surface area (Å²) in [5, 5.41) is 0. The molecule has 0 unspecified atom stereocenters. The smallest absolute Gasteiger partial charge is 0.243 e. The van der Waals surface area contributed by atoms with Gasteiger partial charge in [-0.3, -0.25) is 4.79 Å². The Morgan fingerprint density at radius 2 is 1.68 bits per heavy atom. The van der Waals surface area contributed by atoms with Crippen LogP contribution >= 0.6 is 0 Å². The Hall–Kier alpha value is -2.31. The number of Topliss-reactive ketones (excluding diaryl/α,β-unsaturated/α-hetero) is 1. The molecule has 0 heterocycles. The van der Waals surface area contributed by atoms with Crippen LogP contribution in [0.15, 0.2) is 60.0 Å². The zero-order valence-corrected chi connectivity index (χ0v) is 16.9. The molecule has 2 aromatic rings. The molecule has 3 rings (SSSR count). The van der Waals surface area contributed by atoms with Crippen LogP contribution in [-0.2, 0) is 14.8 Å². The lowest BCUT2D eigenvalue weighted by molar-refractivity contribution is -0.132. The molecule has 1 saturated carbocycles. The highest BCUT2D eigenvalue weighted by atomic mass is 32.2. The largest absolute Gasteiger partial charge is 0.300 e. The van der Waals surface area contributed by atoms with Gasteiger partial charge in [-0.05, 0) is 47.7 Å². The van der Waals surface area contributed by atoms with Gasteiger partial charge in [0, 0.05) is 25.9 Å². The first-order valence-electron chi connectivity index (χ1n) is 9.11.